The van der Waals surface area contributed by atoms with Gasteiger partial charge in [-0.25, -0.2) is 5.43 Å². The number of aromatic nitrogens is 4. The summed E-state index contributed by atoms with van der Waals surface area (Å²) in [5, 5.41) is 16.5. The molecular weight excluding hydrogens is 573 g/mol. The van der Waals surface area contributed by atoms with Gasteiger partial charge in [-0.3, -0.25) is 14.3 Å². The number of para-hydroxylation sites is 1. The molecule has 0 aliphatic heterocycles. The van der Waals surface area contributed by atoms with Crippen LogP contribution in [0.1, 0.15) is 23.9 Å². The van der Waals surface area contributed by atoms with Gasteiger partial charge in [-0.15, -0.1) is 10.2 Å². The minimum absolute atomic E-state index is 0.225. The molecule has 0 aliphatic carbocycles. The number of benzene rings is 2. The number of carbonyl (C=O) groups excluding carboxylic acids is 1. The fraction of sp³-hybridized carbons (Fsp3) is 0.160. The van der Waals surface area contributed by atoms with Crippen LogP contribution in [0.15, 0.2) is 83.3 Å². The van der Waals surface area contributed by atoms with Crippen LogP contribution >= 0.6 is 34.4 Å². The van der Waals surface area contributed by atoms with E-state index in [0.29, 0.717) is 11.7 Å². The van der Waals surface area contributed by atoms with Crippen molar-refractivity contribution in [1.29, 1.82) is 0 Å². The van der Waals surface area contributed by atoms with Gasteiger partial charge in [-0.2, -0.15) is 5.10 Å². The molecule has 1 unspecified atom stereocenters. The second-order valence-electron chi connectivity index (χ2n) is 7.66. The highest BCUT2D eigenvalue weighted by atomic mass is 127. The third-order valence-corrected chi connectivity index (χ3v) is 6.80. The first-order valence-corrected chi connectivity index (χ1v) is 12.9. The third kappa shape index (κ3) is 6.67. The molecule has 35 heavy (non-hydrogen) atoms. The van der Waals surface area contributed by atoms with Crippen molar-refractivity contribution in [2.75, 3.05) is 5.32 Å². The Bertz CT molecular complexity index is 1310. The minimum Gasteiger partial charge on any atom is -0.378 e. The van der Waals surface area contributed by atoms with Gasteiger partial charge in [0.05, 0.1) is 18.0 Å². The van der Waals surface area contributed by atoms with Gasteiger partial charge in [0.25, 0.3) is 5.91 Å². The highest BCUT2D eigenvalue weighted by Gasteiger charge is 2.21. The van der Waals surface area contributed by atoms with Crippen LogP contribution in [0.4, 0.5) is 5.69 Å². The number of hydrazone groups is 1. The number of hydrogen-bond donors (Lipinski definition) is 2. The van der Waals surface area contributed by atoms with Crippen LogP contribution in [-0.4, -0.2) is 37.1 Å². The summed E-state index contributed by atoms with van der Waals surface area (Å²) in [7, 11) is 0. The molecule has 0 saturated carbocycles. The van der Waals surface area contributed by atoms with E-state index < -0.39 is 5.25 Å². The van der Waals surface area contributed by atoms with Crippen LogP contribution in [0.3, 0.4) is 0 Å². The first-order valence-electron chi connectivity index (χ1n) is 10.9. The van der Waals surface area contributed by atoms with E-state index in [1.165, 1.54) is 15.3 Å². The van der Waals surface area contributed by atoms with E-state index in [0.717, 1.165) is 28.3 Å². The monoisotopic (exact) mass is 597 g/mol. The maximum absolute atomic E-state index is 12.6. The number of pyridine rings is 1. The number of anilines is 1. The molecule has 2 heterocycles. The molecule has 178 valence electrons. The summed E-state index contributed by atoms with van der Waals surface area (Å²) >= 11 is 3.64. The number of rotatable bonds is 9. The molecule has 0 saturated heterocycles. The van der Waals surface area contributed by atoms with Gasteiger partial charge < -0.3 is 5.32 Å². The Morgan fingerprint density at radius 2 is 1.91 bits per heavy atom. The Kier molecular flexibility index (Phi) is 8.48. The number of aryl methyl sites for hydroxylation is 1. The van der Waals surface area contributed by atoms with Crippen LogP contribution in [0.5, 0.6) is 0 Å². The lowest BCUT2D eigenvalue weighted by Crippen LogP contribution is -2.27. The molecule has 8 nitrogen and oxygen atoms in total. The lowest BCUT2D eigenvalue weighted by Gasteiger charge is -2.14. The standard InChI is InChI=1S/C25H24IN7OS/c1-17-14-20(26)8-9-22(17)28-16-23-30-32-25(33(23)21-6-4-3-5-7-21)35-18(2)24(34)31-29-15-19-10-12-27-13-11-19/h3-15,18,28H,16H2,1-2H3,(H,31,34)/b29-15+. The van der Waals surface area contributed by atoms with Crippen molar-refractivity contribution >= 4 is 52.2 Å². The van der Waals surface area contributed by atoms with Gasteiger partial charge in [-0.05, 0) is 90.0 Å². The van der Waals surface area contributed by atoms with E-state index in [4.69, 9.17) is 0 Å². The average Bonchev–Trinajstić information content (AvgIpc) is 3.26. The predicted octanol–water partition coefficient (Wildman–Crippen LogP) is 4.82. The molecule has 2 aromatic carbocycles. The Hall–Kier alpha value is -3.25. The molecule has 1 amide bonds. The Labute approximate surface area is 221 Å². The van der Waals surface area contributed by atoms with E-state index in [1.54, 1.807) is 18.6 Å². The molecule has 0 aliphatic rings. The molecule has 0 fully saturated rings. The number of thioether (sulfide) groups is 1. The second kappa shape index (κ2) is 11.9. The fourth-order valence-electron chi connectivity index (χ4n) is 3.25. The number of halogens is 1. The van der Waals surface area contributed by atoms with Crippen molar-refractivity contribution in [3.8, 4) is 5.69 Å². The largest absolute Gasteiger partial charge is 0.378 e. The van der Waals surface area contributed by atoms with Crippen LogP contribution in [0.2, 0.25) is 0 Å². The molecular formula is C25H24IN7OS. The molecule has 2 N–H and O–H groups in total. The summed E-state index contributed by atoms with van der Waals surface area (Å²) in [4.78, 5) is 16.6. The van der Waals surface area contributed by atoms with Crippen LogP contribution in [0, 0.1) is 10.5 Å². The average molecular weight is 597 g/mol. The maximum Gasteiger partial charge on any atom is 0.253 e. The highest BCUT2D eigenvalue weighted by Crippen LogP contribution is 2.26. The molecule has 10 heteroatoms. The summed E-state index contributed by atoms with van der Waals surface area (Å²) in [6.07, 6.45) is 4.93. The van der Waals surface area contributed by atoms with Gasteiger partial charge in [0.1, 0.15) is 0 Å². The molecule has 0 radical (unpaired) electrons. The van der Waals surface area contributed by atoms with E-state index in [2.05, 4.69) is 78.7 Å². The van der Waals surface area contributed by atoms with E-state index in [9.17, 15) is 4.79 Å². The van der Waals surface area contributed by atoms with Crippen LogP contribution < -0.4 is 10.7 Å². The Morgan fingerprint density at radius 1 is 1.14 bits per heavy atom. The maximum atomic E-state index is 12.6. The van der Waals surface area contributed by atoms with Crippen molar-refractivity contribution < 1.29 is 4.79 Å². The fourth-order valence-corrected chi connectivity index (χ4v) is 4.78. The molecule has 4 aromatic rings. The first-order chi connectivity index (χ1) is 17.0. The Balaban J connectivity index is 1.49. The summed E-state index contributed by atoms with van der Waals surface area (Å²) < 4.78 is 3.16. The van der Waals surface area contributed by atoms with Crippen molar-refractivity contribution in [3.05, 3.63) is 93.6 Å². The van der Waals surface area contributed by atoms with Gasteiger partial charge in [0.2, 0.25) is 0 Å². The zero-order valence-corrected chi connectivity index (χ0v) is 22.2. The smallest absolute Gasteiger partial charge is 0.253 e. The van der Waals surface area contributed by atoms with Crippen molar-refractivity contribution in [2.45, 2.75) is 30.8 Å². The molecule has 1 atom stereocenters. The van der Waals surface area contributed by atoms with Crippen LogP contribution in [0.25, 0.3) is 5.69 Å². The quantitative estimate of drug-likeness (QED) is 0.124. The Morgan fingerprint density at radius 3 is 2.66 bits per heavy atom. The molecule has 2 aromatic heterocycles. The first kappa shape index (κ1) is 24.9. The summed E-state index contributed by atoms with van der Waals surface area (Å²) in [5.41, 5.74) is 6.58. The summed E-state index contributed by atoms with van der Waals surface area (Å²) in [5.74, 6) is 0.525. The summed E-state index contributed by atoms with van der Waals surface area (Å²) in [6, 6.07) is 19.8. The zero-order chi connectivity index (χ0) is 24.6. The lowest BCUT2D eigenvalue weighted by molar-refractivity contribution is -0.120. The van der Waals surface area contributed by atoms with Gasteiger partial charge >= 0.3 is 0 Å². The number of amides is 1. The zero-order valence-electron chi connectivity index (χ0n) is 19.2. The number of carbonyl (C=O) groups is 1. The third-order valence-electron chi connectivity index (χ3n) is 5.09. The predicted molar refractivity (Wildman–Crippen MR) is 148 cm³/mol. The molecule has 4 rings (SSSR count). The minimum atomic E-state index is -0.435. The number of nitrogens with one attached hydrogen (secondary N) is 2. The normalized spacial score (nSPS) is 12.0. The molecule has 0 bridgehead atoms. The lowest BCUT2D eigenvalue weighted by atomic mass is 10.2. The van der Waals surface area contributed by atoms with Gasteiger partial charge in [0.15, 0.2) is 11.0 Å². The van der Waals surface area contributed by atoms with Gasteiger partial charge in [-0.1, -0.05) is 30.0 Å². The highest BCUT2D eigenvalue weighted by molar-refractivity contribution is 14.1. The van der Waals surface area contributed by atoms with E-state index in [-0.39, 0.29) is 5.91 Å². The summed E-state index contributed by atoms with van der Waals surface area (Å²) in [6.45, 7) is 4.38. The van der Waals surface area contributed by atoms with Gasteiger partial charge in [0, 0.05) is 27.3 Å². The van der Waals surface area contributed by atoms with E-state index >= 15 is 0 Å². The molecule has 0 spiro atoms. The van der Waals surface area contributed by atoms with Crippen molar-refractivity contribution in [2.24, 2.45) is 5.10 Å². The second-order valence-corrected chi connectivity index (χ2v) is 10.2. The number of hydrogen-bond acceptors (Lipinski definition) is 7. The van der Waals surface area contributed by atoms with E-state index in [1.807, 2.05) is 54.0 Å². The van der Waals surface area contributed by atoms with Crippen molar-refractivity contribution in [1.82, 2.24) is 25.2 Å². The topological polar surface area (TPSA) is 97.1 Å². The number of nitrogens with zero attached hydrogens (tertiary/aromatic N) is 5. The SMILES string of the molecule is Cc1cc(I)ccc1NCc1nnc(SC(C)C(=O)N/N=C/c2ccncc2)n1-c1ccccc1. The van der Waals surface area contributed by atoms with Crippen LogP contribution in [-0.2, 0) is 11.3 Å². The van der Waals surface area contributed by atoms with Crippen molar-refractivity contribution in [3.63, 3.8) is 0 Å².